The van der Waals surface area contributed by atoms with Crippen LogP contribution < -0.4 is 9.47 Å². The maximum Gasteiger partial charge on any atom is 0.146 e. The van der Waals surface area contributed by atoms with Crippen molar-refractivity contribution in [2.24, 2.45) is 0 Å². The van der Waals surface area contributed by atoms with Gasteiger partial charge in [0.05, 0.1) is 0 Å². The van der Waals surface area contributed by atoms with Gasteiger partial charge in [0.1, 0.15) is 35.7 Å². The predicted molar refractivity (Wildman–Crippen MR) is 104 cm³/mol. The Morgan fingerprint density at radius 2 is 1.15 bits per heavy atom. The number of pyridine rings is 2. The van der Waals surface area contributed by atoms with Crippen LogP contribution in [0.2, 0.25) is 0 Å². The van der Waals surface area contributed by atoms with Crippen LogP contribution in [0, 0.1) is 0 Å². The van der Waals surface area contributed by atoms with Gasteiger partial charge in [0.2, 0.25) is 0 Å². The van der Waals surface area contributed by atoms with Crippen molar-refractivity contribution in [1.82, 2.24) is 9.97 Å². The number of ether oxygens (including phenoxy) is 2. The molecule has 4 rings (SSSR count). The van der Waals surface area contributed by atoms with Gasteiger partial charge < -0.3 is 9.47 Å². The smallest absolute Gasteiger partial charge is 0.146 e. The van der Waals surface area contributed by atoms with Gasteiger partial charge in [0, 0.05) is 23.2 Å². The van der Waals surface area contributed by atoms with Crippen LogP contribution >= 0.6 is 0 Å². The Balaban J connectivity index is 1.41. The molecule has 128 valence electrons. The van der Waals surface area contributed by atoms with E-state index in [0.717, 1.165) is 38.9 Å². The summed E-state index contributed by atoms with van der Waals surface area (Å²) in [4.78, 5) is 8.79. The second-order valence-electron chi connectivity index (χ2n) is 5.99. The summed E-state index contributed by atoms with van der Waals surface area (Å²) in [6.07, 6.45) is 3.53. The third-order valence-electron chi connectivity index (χ3n) is 4.05. The first kappa shape index (κ1) is 16.1. The number of hydrogen-bond donors (Lipinski definition) is 0. The molecule has 2 heterocycles. The van der Waals surface area contributed by atoms with Gasteiger partial charge in [-0.25, -0.2) is 0 Å². The van der Waals surface area contributed by atoms with Crippen molar-refractivity contribution in [3.8, 4) is 11.5 Å². The normalized spacial score (nSPS) is 10.8. The highest BCUT2D eigenvalue weighted by atomic mass is 16.5. The second-order valence-corrected chi connectivity index (χ2v) is 5.99. The Labute approximate surface area is 151 Å². The molecule has 26 heavy (non-hydrogen) atoms. The van der Waals surface area contributed by atoms with Crippen molar-refractivity contribution in [1.29, 1.82) is 0 Å². The fraction of sp³-hybridized carbons (Fsp3) is 0.0909. The van der Waals surface area contributed by atoms with E-state index in [2.05, 4.69) is 16.5 Å². The number of fused-ring (bicyclic) bond motifs is 2. The van der Waals surface area contributed by atoms with Gasteiger partial charge in [-0.15, -0.1) is 0 Å². The predicted octanol–water partition coefficient (Wildman–Crippen LogP) is 4.80. The first-order chi connectivity index (χ1) is 12.8. The fourth-order valence-corrected chi connectivity index (χ4v) is 2.79. The number of aromatic nitrogens is 2. The van der Waals surface area contributed by atoms with E-state index in [9.17, 15) is 0 Å². The third-order valence-corrected chi connectivity index (χ3v) is 4.05. The lowest BCUT2D eigenvalue weighted by Crippen LogP contribution is -2.09. The largest absolute Gasteiger partial charge is 0.487 e. The Morgan fingerprint density at radius 3 is 1.65 bits per heavy atom. The molecule has 0 saturated carbocycles. The van der Waals surface area contributed by atoms with E-state index < -0.39 is 0 Å². The Hall–Kier alpha value is -3.40. The molecule has 0 N–H and O–H groups in total. The highest BCUT2D eigenvalue weighted by Crippen LogP contribution is 2.25. The highest BCUT2D eigenvalue weighted by Gasteiger charge is 2.06. The molecule has 0 aliphatic rings. The molecule has 0 aliphatic carbocycles. The number of benzene rings is 2. The van der Waals surface area contributed by atoms with Gasteiger partial charge >= 0.3 is 0 Å². The summed E-state index contributed by atoms with van der Waals surface area (Å²) in [5.41, 5.74) is 2.54. The lowest BCUT2D eigenvalue weighted by atomic mass is 10.2. The molecule has 2 aromatic heterocycles. The van der Waals surface area contributed by atoms with Crippen LogP contribution in [0.5, 0.6) is 11.5 Å². The lowest BCUT2D eigenvalue weighted by molar-refractivity contribution is 0.305. The van der Waals surface area contributed by atoms with Gasteiger partial charge in [0.25, 0.3) is 0 Å². The zero-order valence-electron chi connectivity index (χ0n) is 14.3. The topological polar surface area (TPSA) is 44.2 Å². The maximum atomic E-state index is 5.90. The van der Waals surface area contributed by atoms with Crippen molar-refractivity contribution in [2.75, 3.05) is 13.2 Å². The van der Waals surface area contributed by atoms with Crippen LogP contribution in [0.25, 0.3) is 21.8 Å². The molecular weight excluding hydrogens is 324 g/mol. The van der Waals surface area contributed by atoms with E-state index in [0.29, 0.717) is 13.2 Å². The molecule has 0 radical (unpaired) electrons. The molecule has 0 bridgehead atoms. The van der Waals surface area contributed by atoms with Crippen LogP contribution in [0.15, 0.2) is 85.2 Å². The average molecular weight is 342 g/mol. The SMILES string of the molecule is C=C(COc1cccc2cccnc12)COc1cccc2cccnc12. The Morgan fingerprint density at radius 1 is 0.692 bits per heavy atom. The molecule has 0 atom stereocenters. The minimum atomic E-state index is 0.369. The van der Waals surface area contributed by atoms with Crippen LogP contribution in [0.4, 0.5) is 0 Å². The molecule has 2 aromatic carbocycles. The van der Waals surface area contributed by atoms with E-state index in [1.807, 2.05) is 60.7 Å². The van der Waals surface area contributed by atoms with Crippen LogP contribution in [-0.2, 0) is 0 Å². The number of hydrogen-bond acceptors (Lipinski definition) is 4. The van der Waals surface area contributed by atoms with Crippen molar-refractivity contribution in [2.45, 2.75) is 0 Å². The highest BCUT2D eigenvalue weighted by molar-refractivity contribution is 5.84. The Kier molecular flexibility index (Phi) is 4.48. The average Bonchev–Trinajstić information content (AvgIpc) is 2.70. The second kappa shape index (κ2) is 7.23. The van der Waals surface area contributed by atoms with Crippen molar-refractivity contribution < 1.29 is 9.47 Å². The van der Waals surface area contributed by atoms with E-state index in [4.69, 9.17) is 9.47 Å². The zero-order valence-corrected chi connectivity index (χ0v) is 14.3. The zero-order chi connectivity index (χ0) is 17.8. The molecule has 4 heteroatoms. The number of para-hydroxylation sites is 2. The first-order valence-electron chi connectivity index (χ1n) is 8.41. The fourth-order valence-electron chi connectivity index (χ4n) is 2.79. The summed E-state index contributed by atoms with van der Waals surface area (Å²) >= 11 is 0. The molecule has 0 fully saturated rings. The molecule has 0 unspecified atom stereocenters. The summed E-state index contributed by atoms with van der Waals surface area (Å²) in [5, 5.41) is 2.10. The quantitative estimate of drug-likeness (QED) is 0.472. The van der Waals surface area contributed by atoms with E-state index in [1.165, 1.54) is 0 Å². The minimum absolute atomic E-state index is 0.369. The van der Waals surface area contributed by atoms with Crippen LogP contribution in [-0.4, -0.2) is 23.2 Å². The van der Waals surface area contributed by atoms with Crippen LogP contribution in [0.1, 0.15) is 0 Å². The molecule has 0 spiro atoms. The molecule has 0 saturated heterocycles. The lowest BCUT2D eigenvalue weighted by Gasteiger charge is -2.12. The molecule has 0 aliphatic heterocycles. The number of rotatable bonds is 6. The minimum Gasteiger partial charge on any atom is -0.487 e. The summed E-state index contributed by atoms with van der Waals surface area (Å²) in [6, 6.07) is 19.6. The van der Waals surface area contributed by atoms with Gasteiger partial charge in [-0.2, -0.15) is 0 Å². The molecule has 4 aromatic rings. The molecule has 0 amide bonds. The van der Waals surface area contributed by atoms with Gasteiger partial charge in [-0.05, 0) is 29.8 Å². The molecular formula is C22H18N2O2. The summed E-state index contributed by atoms with van der Waals surface area (Å²) in [7, 11) is 0. The maximum absolute atomic E-state index is 5.90. The van der Waals surface area contributed by atoms with Gasteiger partial charge in [0.15, 0.2) is 0 Å². The van der Waals surface area contributed by atoms with Crippen molar-refractivity contribution >= 4 is 21.8 Å². The molecule has 4 nitrogen and oxygen atoms in total. The van der Waals surface area contributed by atoms with E-state index >= 15 is 0 Å². The van der Waals surface area contributed by atoms with Crippen molar-refractivity contribution in [3.05, 3.63) is 85.2 Å². The summed E-state index contributed by atoms with van der Waals surface area (Å²) < 4.78 is 11.8. The van der Waals surface area contributed by atoms with Gasteiger partial charge in [-0.3, -0.25) is 9.97 Å². The Bertz CT molecular complexity index is 980. The van der Waals surface area contributed by atoms with E-state index in [1.54, 1.807) is 12.4 Å². The summed E-state index contributed by atoms with van der Waals surface area (Å²) in [5.74, 6) is 1.49. The first-order valence-corrected chi connectivity index (χ1v) is 8.41. The van der Waals surface area contributed by atoms with Crippen molar-refractivity contribution in [3.63, 3.8) is 0 Å². The summed E-state index contributed by atoms with van der Waals surface area (Å²) in [6.45, 7) is 4.79. The van der Waals surface area contributed by atoms with Crippen LogP contribution in [0.3, 0.4) is 0 Å². The monoisotopic (exact) mass is 342 g/mol. The van der Waals surface area contributed by atoms with E-state index in [-0.39, 0.29) is 0 Å². The number of nitrogens with zero attached hydrogens (tertiary/aromatic N) is 2. The third kappa shape index (κ3) is 3.35. The van der Waals surface area contributed by atoms with Gasteiger partial charge in [-0.1, -0.05) is 43.0 Å². The standard InChI is InChI=1S/C22H18N2O2/c1-16(14-25-19-10-2-6-17-8-4-12-23-21(17)19)15-26-20-11-3-7-18-9-5-13-24-22(18)20/h2-13H,1,14-15H2.